The van der Waals surface area contributed by atoms with Gasteiger partial charge in [-0.15, -0.1) is 10.2 Å². The second-order valence-electron chi connectivity index (χ2n) is 5.16. The second-order valence-corrected chi connectivity index (χ2v) is 5.16. The van der Waals surface area contributed by atoms with Gasteiger partial charge in [-0.3, -0.25) is 4.79 Å². The Morgan fingerprint density at radius 2 is 1.95 bits per heavy atom. The van der Waals surface area contributed by atoms with E-state index in [1.54, 1.807) is 12.1 Å². The van der Waals surface area contributed by atoms with Gasteiger partial charge in [-0.2, -0.15) is 0 Å². The first-order valence-electron chi connectivity index (χ1n) is 7.08. The Bertz CT molecular complexity index is 683. The van der Waals surface area contributed by atoms with Crippen molar-refractivity contribution in [1.29, 1.82) is 0 Å². The Hall–Kier alpha value is -2.70. The molecule has 0 atom stereocenters. The fraction of sp³-hybridized carbons (Fsp3) is 0.267. The molecule has 1 aromatic carbocycles. The molecule has 3 rings (SSSR count). The average molecular weight is 301 g/mol. The molecule has 3 N–H and O–H groups in total. The molecule has 6 nitrogen and oxygen atoms in total. The molecule has 7 heteroatoms. The van der Waals surface area contributed by atoms with Gasteiger partial charge in [0, 0.05) is 13.1 Å². The predicted octanol–water partition coefficient (Wildman–Crippen LogP) is 2.05. The molecule has 1 fully saturated rings. The lowest BCUT2D eigenvalue weighted by Crippen LogP contribution is -2.21. The highest BCUT2D eigenvalue weighted by atomic mass is 19.1. The standard InChI is InChI=1S/C15H16FN5O/c16-10-3-4-11(17)13(9-10)18-15(22)12-5-6-14(20-19-12)21-7-1-2-8-21/h3-6,9H,1-2,7-8,17H2,(H,18,22). The van der Waals surface area contributed by atoms with E-state index in [4.69, 9.17) is 5.73 Å². The summed E-state index contributed by atoms with van der Waals surface area (Å²) in [5, 5.41) is 10.5. The minimum absolute atomic E-state index is 0.159. The molecule has 114 valence electrons. The van der Waals surface area contributed by atoms with Crippen molar-refractivity contribution in [2.45, 2.75) is 12.8 Å². The lowest BCUT2D eigenvalue weighted by atomic mass is 10.2. The van der Waals surface area contributed by atoms with Crippen molar-refractivity contribution >= 4 is 23.1 Å². The van der Waals surface area contributed by atoms with Crippen LogP contribution in [0.3, 0.4) is 0 Å². The first-order valence-corrected chi connectivity index (χ1v) is 7.08. The number of nitrogen functional groups attached to an aromatic ring is 1. The van der Waals surface area contributed by atoms with Gasteiger partial charge in [0.25, 0.3) is 5.91 Å². The van der Waals surface area contributed by atoms with Crippen LogP contribution in [0, 0.1) is 5.82 Å². The van der Waals surface area contributed by atoms with Crippen molar-refractivity contribution in [3.63, 3.8) is 0 Å². The van der Waals surface area contributed by atoms with Crippen LogP contribution in [0.5, 0.6) is 0 Å². The zero-order valence-electron chi connectivity index (χ0n) is 11.9. The second kappa shape index (κ2) is 5.97. The number of anilines is 3. The SMILES string of the molecule is Nc1ccc(F)cc1NC(=O)c1ccc(N2CCCC2)nn1. The van der Waals surface area contributed by atoms with Gasteiger partial charge in [0.1, 0.15) is 5.82 Å². The number of hydrogen-bond donors (Lipinski definition) is 2. The van der Waals surface area contributed by atoms with Gasteiger partial charge in [-0.25, -0.2) is 4.39 Å². The van der Waals surface area contributed by atoms with E-state index in [1.807, 2.05) is 0 Å². The molecule has 2 heterocycles. The molecule has 1 aliphatic heterocycles. The number of nitrogens with two attached hydrogens (primary N) is 1. The van der Waals surface area contributed by atoms with E-state index in [0.29, 0.717) is 0 Å². The molecule has 0 radical (unpaired) electrons. The van der Waals surface area contributed by atoms with E-state index in [1.165, 1.54) is 18.2 Å². The number of aromatic nitrogens is 2. The van der Waals surface area contributed by atoms with Crippen LogP contribution < -0.4 is 16.0 Å². The Morgan fingerprint density at radius 3 is 2.64 bits per heavy atom. The fourth-order valence-corrected chi connectivity index (χ4v) is 2.38. The highest BCUT2D eigenvalue weighted by Gasteiger charge is 2.16. The molecule has 0 aliphatic carbocycles. The molecular formula is C15H16FN5O. The molecule has 2 aromatic rings. The Morgan fingerprint density at radius 1 is 1.18 bits per heavy atom. The molecule has 0 unspecified atom stereocenters. The van der Waals surface area contributed by atoms with Crippen molar-refractivity contribution in [2.24, 2.45) is 0 Å². The number of amides is 1. The largest absolute Gasteiger partial charge is 0.397 e. The lowest BCUT2D eigenvalue weighted by Gasteiger charge is -2.15. The molecule has 0 spiro atoms. The number of rotatable bonds is 3. The van der Waals surface area contributed by atoms with Gasteiger partial charge < -0.3 is 16.0 Å². The van der Waals surface area contributed by atoms with Crippen LogP contribution in [0.4, 0.5) is 21.6 Å². The van der Waals surface area contributed by atoms with Gasteiger partial charge >= 0.3 is 0 Å². The third kappa shape index (κ3) is 2.98. The number of halogens is 1. The quantitative estimate of drug-likeness (QED) is 0.848. The molecule has 0 saturated carbocycles. The Labute approximate surface area is 127 Å². The minimum Gasteiger partial charge on any atom is -0.397 e. The summed E-state index contributed by atoms with van der Waals surface area (Å²) < 4.78 is 13.2. The van der Waals surface area contributed by atoms with Gasteiger partial charge in [0.05, 0.1) is 11.4 Å². The highest BCUT2D eigenvalue weighted by Crippen LogP contribution is 2.20. The summed E-state index contributed by atoms with van der Waals surface area (Å²) in [7, 11) is 0. The predicted molar refractivity (Wildman–Crippen MR) is 82.2 cm³/mol. The smallest absolute Gasteiger partial charge is 0.276 e. The summed E-state index contributed by atoms with van der Waals surface area (Å²) in [5.74, 6) is -0.183. The number of carbonyl (C=O) groups excluding carboxylic acids is 1. The van der Waals surface area contributed by atoms with E-state index >= 15 is 0 Å². The van der Waals surface area contributed by atoms with Crippen molar-refractivity contribution in [1.82, 2.24) is 10.2 Å². The molecule has 0 bridgehead atoms. The summed E-state index contributed by atoms with van der Waals surface area (Å²) in [5.41, 5.74) is 6.36. The molecule has 1 amide bonds. The maximum Gasteiger partial charge on any atom is 0.276 e. The summed E-state index contributed by atoms with van der Waals surface area (Å²) >= 11 is 0. The van der Waals surface area contributed by atoms with Crippen LogP contribution in [-0.4, -0.2) is 29.2 Å². The van der Waals surface area contributed by atoms with Gasteiger partial charge in [-0.1, -0.05) is 0 Å². The third-order valence-corrected chi connectivity index (χ3v) is 3.58. The average Bonchev–Trinajstić information content (AvgIpc) is 3.05. The lowest BCUT2D eigenvalue weighted by molar-refractivity contribution is 0.102. The van der Waals surface area contributed by atoms with Crippen LogP contribution in [0.25, 0.3) is 0 Å². The number of nitrogens with one attached hydrogen (secondary N) is 1. The zero-order valence-corrected chi connectivity index (χ0v) is 11.9. The molecule has 1 aliphatic rings. The molecule has 1 saturated heterocycles. The first kappa shape index (κ1) is 14.2. The zero-order chi connectivity index (χ0) is 15.5. The van der Waals surface area contributed by atoms with Gasteiger partial charge in [0.2, 0.25) is 0 Å². The highest BCUT2D eigenvalue weighted by molar-refractivity contribution is 6.04. The molecule has 22 heavy (non-hydrogen) atoms. The van der Waals surface area contributed by atoms with Crippen molar-refractivity contribution in [2.75, 3.05) is 29.0 Å². The van der Waals surface area contributed by atoms with Crippen molar-refractivity contribution in [3.05, 3.63) is 41.8 Å². The maximum atomic E-state index is 13.2. The number of carbonyl (C=O) groups is 1. The maximum absolute atomic E-state index is 13.2. The number of benzene rings is 1. The van der Waals surface area contributed by atoms with Crippen LogP contribution in [-0.2, 0) is 0 Å². The first-order chi connectivity index (χ1) is 10.6. The monoisotopic (exact) mass is 301 g/mol. The van der Waals surface area contributed by atoms with E-state index < -0.39 is 11.7 Å². The van der Waals surface area contributed by atoms with Crippen LogP contribution in [0.2, 0.25) is 0 Å². The van der Waals surface area contributed by atoms with E-state index in [0.717, 1.165) is 31.7 Å². The summed E-state index contributed by atoms with van der Waals surface area (Å²) in [6.45, 7) is 1.92. The Kier molecular flexibility index (Phi) is 3.86. The van der Waals surface area contributed by atoms with Crippen molar-refractivity contribution < 1.29 is 9.18 Å². The van der Waals surface area contributed by atoms with Crippen LogP contribution in [0.15, 0.2) is 30.3 Å². The van der Waals surface area contributed by atoms with Crippen LogP contribution >= 0.6 is 0 Å². The van der Waals surface area contributed by atoms with Gasteiger partial charge in [0.15, 0.2) is 11.5 Å². The summed E-state index contributed by atoms with van der Waals surface area (Å²) in [6.07, 6.45) is 2.28. The summed E-state index contributed by atoms with van der Waals surface area (Å²) in [6, 6.07) is 7.16. The normalized spacial score (nSPS) is 14.1. The number of hydrogen-bond acceptors (Lipinski definition) is 5. The minimum atomic E-state index is -0.474. The topological polar surface area (TPSA) is 84.1 Å². The van der Waals surface area contributed by atoms with E-state index in [2.05, 4.69) is 20.4 Å². The fourth-order valence-electron chi connectivity index (χ4n) is 2.38. The van der Waals surface area contributed by atoms with E-state index in [-0.39, 0.29) is 17.1 Å². The third-order valence-electron chi connectivity index (χ3n) is 3.58. The van der Waals surface area contributed by atoms with E-state index in [9.17, 15) is 9.18 Å². The molecule has 1 aromatic heterocycles. The summed E-state index contributed by atoms with van der Waals surface area (Å²) in [4.78, 5) is 14.2. The molecular weight excluding hydrogens is 285 g/mol. The van der Waals surface area contributed by atoms with Gasteiger partial charge in [-0.05, 0) is 43.2 Å². The van der Waals surface area contributed by atoms with Crippen molar-refractivity contribution in [3.8, 4) is 0 Å². The Balaban J connectivity index is 1.73. The number of nitrogens with zero attached hydrogens (tertiary/aromatic N) is 3. The van der Waals surface area contributed by atoms with Crippen LogP contribution in [0.1, 0.15) is 23.3 Å².